The highest BCUT2D eigenvalue weighted by molar-refractivity contribution is 9.10. The Morgan fingerprint density at radius 2 is 2.17 bits per heavy atom. The molecule has 12 heavy (non-hydrogen) atoms. The summed E-state index contributed by atoms with van der Waals surface area (Å²) in [5.41, 5.74) is 0.677. The van der Waals surface area contributed by atoms with Crippen LogP contribution in [0.15, 0.2) is 22.7 Å². The number of carbonyl (C=O) groups excluding carboxylic acids is 1. The van der Waals surface area contributed by atoms with Crippen LogP contribution in [-0.2, 0) is 0 Å². The summed E-state index contributed by atoms with van der Waals surface area (Å²) in [6.45, 7) is 1.53. The van der Waals surface area contributed by atoms with Crippen LogP contribution in [0, 0.1) is 0 Å². The fourth-order valence-electron chi connectivity index (χ4n) is 0.908. The number of Topliss-reactive ketones (excluding diaryl/α,β-unsaturated/α-hetero) is 1. The van der Waals surface area contributed by atoms with Gasteiger partial charge in [0.25, 0.3) is 0 Å². The predicted molar refractivity (Wildman–Crippen MR) is 50.7 cm³/mol. The molecule has 0 N–H and O–H groups in total. The second-order valence-electron chi connectivity index (χ2n) is 2.40. The van der Waals surface area contributed by atoms with Crippen molar-refractivity contribution in [1.29, 1.82) is 0 Å². The zero-order valence-corrected chi connectivity index (χ0v) is 8.51. The molecule has 1 aromatic carbocycles. The topological polar surface area (TPSA) is 26.3 Å². The highest BCUT2D eigenvalue weighted by atomic mass is 79.9. The summed E-state index contributed by atoms with van der Waals surface area (Å²) < 4.78 is 5.76. The van der Waals surface area contributed by atoms with Gasteiger partial charge in [-0.1, -0.05) is 0 Å². The highest BCUT2D eigenvalue weighted by Gasteiger charge is 2.04. The maximum absolute atomic E-state index is 11.0. The number of halogens is 1. The molecule has 1 rings (SSSR count). The molecule has 0 aliphatic carbocycles. The first-order chi connectivity index (χ1) is 5.65. The molecule has 0 aliphatic rings. The van der Waals surface area contributed by atoms with Gasteiger partial charge in [-0.25, -0.2) is 0 Å². The molecular formula is C9H9BrO2. The molecule has 0 aromatic heterocycles. The Morgan fingerprint density at radius 3 is 2.58 bits per heavy atom. The lowest BCUT2D eigenvalue weighted by Gasteiger charge is -2.02. The molecule has 3 heteroatoms. The first-order valence-electron chi connectivity index (χ1n) is 3.49. The number of ether oxygens (including phenoxy) is 1. The average Bonchev–Trinajstić information content (AvgIpc) is 2.03. The fraction of sp³-hybridized carbons (Fsp3) is 0.222. The van der Waals surface area contributed by atoms with Crippen LogP contribution in [-0.4, -0.2) is 12.9 Å². The van der Waals surface area contributed by atoms with Gasteiger partial charge in [-0.2, -0.15) is 0 Å². The van der Waals surface area contributed by atoms with Gasteiger partial charge < -0.3 is 4.74 Å². The molecule has 2 nitrogen and oxygen atoms in total. The van der Waals surface area contributed by atoms with E-state index in [-0.39, 0.29) is 5.78 Å². The van der Waals surface area contributed by atoms with Crippen LogP contribution in [0.5, 0.6) is 5.75 Å². The monoisotopic (exact) mass is 228 g/mol. The summed E-state index contributed by atoms with van der Waals surface area (Å²) in [7, 11) is 1.59. The van der Waals surface area contributed by atoms with E-state index in [9.17, 15) is 4.79 Å². The molecule has 0 saturated carbocycles. The van der Waals surface area contributed by atoms with Crippen LogP contribution < -0.4 is 4.74 Å². The third-order valence-electron chi connectivity index (χ3n) is 1.56. The van der Waals surface area contributed by atoms with Crippen molar-refractivity contribution in [2.75, 3.05) is 7.11 Å². The first kappa shape index (κ1) is 9.26. The van der Waals surface area contributed by atoms with E-state index in [4.69, 9.17) is 4.74 Å². The molecule has 1 aromatic rings. The van der Waals surface area contributed by atoms with E-state index >= 15 is 0 Å². The van der Waals surface area contributed by atoms with Crippen LogP contribution in [0.4, 0.5) is 0 Å². The maximum Gasteiger partial charge on any atom is 0.160 e. The molecule has 0 saturated heterocycles. The lowest BCUT2D eigenvalue weighted by atomic mass is 10.1. The number of hydrogen-bond donors (Lipinski definition) is 0. The molecule has 0 radical (unpaired) electrons. The third-order valence-corrected chi connectivity index (χ3v) is 2.21. The Labute approximate surface area is 79.7 Å². The van der Waals surface area contributed by atoms with Crippen molar-refractivity contribution in [2.24, 2.45) is 0 Å². The Kier molecular flexibility index (Phi) is 2.87. The van der Waals surface area contributed by atoms with Gasteiger partial charge in [0.2, 0.25) is 0 Å². The Hall–Kier alpha value is -0.830. The van der Waals surface area contributed by atoms with Gasteiger partial charge in [0.15, 0.2) is 5.78 Å². The van der Waals surface area contributed by atoms with Crippen LogP contribution in [0.25, 0.3) is 0 Å². The molecule has 64 valence electrons. The van der Waals surface area contributed by atoms with Crippen molar-refractivity contribution in [2.45, 2.75) is 6.92 Å². The molecule has 0 bridgehead atoms. The van der Waals surface area contributed by atoms with E-state index in [0.29, 0.717) is 5.56 Å². The maximum atomic E-state index is 11.0. The minimum Gasteiger partial charge on any atom is -0.497 e. The lowest BCUT2D eigenvalue weighted by Crippen LogP contribution is -1.93. The fourth-order valence-corrected chi connectivity index (χ4v) is 1.55. The largest absolute Gasteiger partial charge is 0.497 e. The Bertz CT molecular complexity index is 307. The molecule has 0 fully saturated rings. The summed E-state index contributed by atoms with van der Waals surface area (Å²) >= 11 is 3.29. The van der Waals surface area contributed by atoms with Gasteiger partial charge in [0.05, 0.1) is 7.11 Å². The van der Waals surface area contributed by atoms with Crippen molar-refractivity contribution in [3.8, 4) is 5.75 Å². The quantitative estimate of drug-likeness (QED) is 0.728. The smallest absolute Gasteiger partial charge is 0.160 e. The van der Waals surface area contributed by atoms with E-state index in [2.05, 4.69) is 15.9 Å². The van der Waals surface area contributed by atoms with Crippen molar-refractivity contribution >= 4 is 21.7 Å². The number of benzene rings is 1. The van der Waals surface area contributed by atoms with Crippen LogP contribution >= 0.6 is 15.9 Å². The molecule has 0 aliphatic heterocycles. The normalized spacial score (nSPS) is 9.58. The Balaban J connectivity index is 3.12. The molecular weight excluding hydrogens is 220 g/mol. The van der Waals surface area contributed by atoms with E-state index in [1.807, 2.05) is 0 Å². The zero-order chi connectivity index (χ0) is 9.14. The average molecular weight is 229 g/mol. The van der Waals surface area contributed by atoms with Gasteiger partial charge in [0.1, 0.15) is 5.75 Å². The predicted octanol–water partition coefficient (Wildman–Crippen LogP) is 2.66. The second-order valence-corrected chi connectivity index (χ2v) is 3.26. The van der Waals surface area contributed by atoms with Gasteiger partial charge in [-0.3, -0.25) is 4.79 Å². The van der Waals surface area contributed by atoms with Crippen molar-refractivity contribution in [3.05, 3.63) is 28.2 Å². The SMILES string of the molecule is COc1ccc(C(C)=O)c(Br)c1. The number of hydrogen-bond acceptors (Lipinski definition) is 2. The molecule has 0 spiro atoms. The van der Waals surface area contributed by atoms with Gasteiger partial charge >= 0.3 is 0 Å². The summed E-state index contributed by atoms with van der Waals surface area (Å²) in [6.07, 6.45) is 0. The first-order valence-corrected chi connectivity index (χ1v) is 4.29. The van der Waals surface area contributed by atoms with Gasteiger partial charge in [0, 0.05) is 10.0 Å². The van der Waals surface area contributed by atoms with Crippen molar-refractivity contribution in [3.63, 3.8) is 0 Å². The van der Waals surface area contributed by atoms with E-state index in [0.717, 1.165) is 10.2 Å². The van der Waals surface area contributed by atoms with E-state index < -0.39 is 0 Å². The molecule has 0 heterocycles. The molecule has 0 unspecified atom stereocenters. The number of rotatable bonds is 2. The van der Waals surface area contributed by atoms with E-state index in [1.54, 1.807) is 25.3 Å². The lowest BCUT2D eigenvalue weighted by molar-refractivity contribution is 0.101. The number of ketones is 1. The number of carbonyl (C=O) groups is 1. The number of methoxy groups -OCH3 is 1. The minimum absolute atomic E-state index is 0.0459. The Morgan fingerprint density at radius 1 is 1.50 bits per heavy atom. The molecule has 0 atom stereocenters. The second kappa shape index (κ2) is 3.72. The third kappa shape index (κ3) is 1.85. The summed E-state index contributed by atoms with van der Waals surface area (Å²) in [6, 6.07) is 5.28. The zero-order valence-electron chi connectivity index (χ0n) is 6.93. The molecule has 0 amide bonds. The van der Waals surface area contributed by atoms with Crippen molar-refractivity contribution < 1.29 is 9.53 Å². The van der Waals surface area contributed by atoms with Crippen LogP contribution in [0.2, 0.25) is 0 Å². The summed E-state index contributed by atoms with van der Waals surface area (Å²) in [4.78, 5) is 11.0. The van der Waals surface area contributed by atoms with Crippen LogP contribution in [0.1, 0.15) is 17.3 Å². The summed E-state index contributed by atoms with van der Waals surface area (Å²) in [5.74, 6) is 0.788. The standard InChI is InChI=1S/C9H9BrO2/c1-6(11)8-4-3-7(12-2)5-9(8)10/h3-5H,1-2H3. The van der Waals surface area contributed by atoms with E-state index in [1.165, 1.54) is 6.92 Å². The van der Waals surface area contributed by atoms with Crippen molar-refractivity contribution in [1.82, 2.24) is 0 Å². The summed E-state index contributed by atoms with van der Waals surface area (Å²) in [5, 5.41) is 0. The van der Waals surface area contributed by atoms with Crippen LogP contribution in [0.3, 0.4) is 0 Å². The highest BCUT2D eigenvalue weighted by Crippen LogP contribution is 2.22. The van der Waals surface area contributed by atoms with Gasteiger partial charge in [-0.15, -0.1) is 0 Å². The minimum atomic E-state index is 0.0459. The van der Waals surface area contributed by atoms with Gasteiger partial charge in [-0.05, 0) is 41.1 Å².